The number of aliphatic hydroxyl groups is 1. The number of carbonyl (C=O) groups excluding carboxylic acids is 1. The molecule has 5 N–H and O–H groups in total. The van der Waals surface area contributed by atoms with Gasteiger partial charge in [0.05, 0.1) is 18.5 Å². The molecule has 7 heteroatoms. The third-order valence-corrected chi connectivity index (χ3v) is 4.56. The van der Waals surface area contributed by atoms with Gasteiger partial charge in [0.15, 0.2) is 11.6 Å². The number of rotatable bonds is 6. The van der Waals surface area contributed by atoms with Crippen LogP contribution in [0.15, 0.2) is 30.5 Å². The zero-order chi connectivity index (χ0) is 18.4. The molecule has 0 unspecified atom stereocenters. The SMILES string of the molecule is Nc1ncc(-c2cccc(C(=O)NCCO)c2)nc1NC1CCCCC1. The third kappa shape index (κ3) is 4.49. The first kappa shape index (κ1) is 18.1. The number of anilines is 2. The molecule has 3 rings (SSSR count). The molecular formula is C19H25N5O2. The second-order valence-corrected chi connectivity index (χ2v) is 6.53. The van der Waals surface area contributed by atoms with Crippen LogP contribution in [0.3, 0.4) is 0 Å². The average molecular weight is 355 g/mol. The molecule has 1 amide bonds. The summed E-state index contributed by atoms with van der Waals surface area (Å²) in [7, 11) is 0. The van der Waals surface area contributed by atoms with E-state index >= 15 is 0 Å². The summed E-state index contributed by atoms with van der Waals surface area (Å²) < 4.78 is 0. The molecule has 0 spiro atoms. The van der Waals surface area contributed by atoms with Gasteiger partial charge in [0, 0.05) is 23.7 Å². The van der Waals surface area contributed by atoms with E-state index in [1.807, 2.05) is 6.07 Å². The van der Waals surface area contributed by atoms with Crippen molar-refractivity contribution in [3.05, 3.63) is 36.0 Å². The van der Waals surface area contributed by atoms with Crippen molar-refractivity contribution in [1.82, 2.24) is 15.3 Å². The molecule has 0 saturated heterocycles. The molecule has 7 nitrogen and oxygen atoms in total. The number of hydrogen-bond donors (Lipinski definition) is 4. The molecule has 0 radical (unpaired) electrons. The van der Waals surface area contributed by atoms with Gasteiger partial charge in [-0.05, 0) is 25.0 Å². The van der Waals surface area contributed by atoms with Gasteiger partial charge >= 0.3 is 0 Å². The Bertz CT molecular complexity index is 759. The van der Waals surface area contributed by atoms with E-state index in [4.69, 9.17) is 10.8 Å². The van der Waals surface area contributed by atoms with Gasteiger partial charge in [-0.25, -0.2) is 9.97 Å². The lowest BCUT2D eigenvalue weighted by molar-refractivity contribution is 0.0945. The van der Waals surface area contributed by atoms with Crippen LogP contribution in [0, 0.1) is 0 Å². The highest BCUT2D eigenvalue weighted by atomic mass is 16.3. The van der Waals surface area contributed by atoms with Crippen molar-refractivity contribution >= 4 is 17.5 Å². The first-order chi connectivity index (χ1) is 12.7. The minimum absolute atomic E-state index is 0.0922. The largest absolute Gasteiger partial charge is 0.395 e. The van der Waals surface area contributed by atoms with Crippen LogP contribution < -0.4 is 16.4 Å². The van der Waals surface area contributed by atoms with E-state index in [1.54, 1.807) is 24.4 Å². The second kappa shape index (κ2) is 8.62. The van der Waals surface area contributed by atoms with Crippen molar-refractivity contribution in [2.24, 2.45) is 0 Å². The van der Waals surface area contributed by atoms with Gasteiger partial charge < -0.3 is 21.5 Å². The fraction of sp³-hybridized carbons (Fsp3) is 0.421. The van der Waals surface area contributed by atoms with E-state index in [0.717, 1.165) is 18.4 Å². The summed E-state index contributed by atoms with van der Waals surface area (Å²) >= 11 is 0. The van der Waals surface area contributed by atoms with Gasteiger partial charge in [0.1, 0.15) is 0 Å². The molecule has 1 fully saturated rings. The smallest absolute Gasteiger partial charge is 0.251 e. The van der Waals surface area contributed by atoms with Crippen molar-refractivity contribution in [1.29, 1.82) is 0 Å². The molecule has 0 bridgehead atoms. The molecule has 1 aromatic heterocycles. The predicted molar refractivity (Wildman–Crippen MR) is 102 cm³/mol. The maximum Gasteiger partial charge on any atom is 0.251 e. The maximum atomic E-state index is 12.1. The number of nitrogen functional groups attached to an aromatic ring is 1. The Morgan fingerprint density at radius 3 is 2.85 bits per heavy atom. The van der Waals surface area contributed by atoms with Crippen LogP contribution in [0.1, 0.15) is 42.5 Å². The monoisotopic (exact) mass is 355 g/mol. The second-order valence-electron chi connectivity index (χ2n) is 6.53. The average Bonchev–Trinajstić information content (AvgIpc) is 2.68. The zero-order valence-electron chi connectivity index (χ0n) is 14.7. The zero-order valence-corrected chi connectivity index (χ0v) is 14.7. The van der Waals surface area contributed by atoms with Crippen LogP contribution in [0.5, 0.6) is 0 Å². The molecular weight excluding hydrogens is 330 g/mol. The Balaban J connectivity index is 1.80. The van der Waals surface area contributed by atoms with E-state index < -0.39 is 0 Å². The molecule has 1 aliphatic carbocycles. The number of hydrogen-bond acceptors (Lipinski definition) is 6. The lowest BCUT2D eigenvalue weighted by Crippen LogP contribution is -2.26. The van der Waals surface area contributed by atoms with E-state index in [1.165, 1.54) is 19.3 Å². The van der Waals surface area contributed by atoms with Gasteiger partial charge in [-0.3, -0.25) is 4.79 Å². The number of amides is 1. The molecule has 2 aromatic rings. The minimum atomic E-state index is -0.232. The number of carbonyl (C=O) groups is 1. The van der Waals surface area contributed by atoms with E-state index in [0.29, 0.717) is 28.9 Å². The first-order valence-electron chi connectivity index (χ1n) is 9.06. The molecule has 1 saturated carbocycles. The van der Waals surface area contributed by atoms with Gasteiger partial charge in [0.25, 0.3) is 5.91 Å². The van der Waals surface area contributed by atoms with Crippen LogP contribution >= 0.6 is 0 Å². The Hall–Kier alpha value is -2.67. The summed E-state index contributed by atoms with van der Waals surface area (Å²) in [5.74, 6) is 0.755. The Morgan fingerprint density at radius 2 is 2.08 bits per heavy atom. The van der Waals surface area contributed by atoms with Gasteiger partial charge in [-0.1, -0.05) is 31.4 Å². The van der Waals surface area contributed by atoms with E-state index in [-0.39, 0.29) is 19.1 Å². The minimum Gasteiger partial charge on any atom is -0.395 e. The number of nitrogens with two attached hydrogens (primary N) is 1. The van der Waals surface area contributed by atoms with Crippen LogP contribution in [-0.4, -0.2) is 40.2 Å². The summed E-state index contributed by atoms with van der Waals surface area (Å²) in [5.41, 5.74) is 7.96. The van der Waals surface area contributed by atoms with Crippen molar-refractivity contribution in [2.45, 2.75) is 38.1 Å². The van der Waals surface area contributed by atoms with E-state index in [2.05, 4.69) is 20.6 Å². The van der Waals surface area contributed by atoms with Crippen LogP contribution in [0.25, 0.3) is 11.3 Å². The first-order valence-corrected chi connectivity index (χ1v) is 9.06. The predicted octanol–water partition coefficient (Wildman–Crippen LogP) is 2.19. The van der Waals surface area contributed by atoms with Crippen molar-refractivity contribution in [3.8, 4) is 11.3 Å². The van der Waals surface area contributed by atoms with Crippen molar-refractivity contribution in [2.75, 3.05) is 24.2 Å². The van der Waals surface area contributed by atoms with Crippen LogP contribution in [-0.2, 0) is 0 Å². The molecule has 0 aliphatic heterocycles. The molecule has 26 heavy (non-hydrogen) atoms. The molecule has 0 atom stereocenters. The topological polar surface area (TPSA) is 113 Å². The lowest BCUT2D eigenvalue weighted by atomic mass is 9.95. The quantitative estimate of drug-likeness (QED) is 0.632. The van der Waals surface area contributed by atoms with Gasteiger partial charge in [0.2, 0.25) is 0 Å². The maximum absolute atomic E-state index is 12.1. The third-order valence-electron chi connectivity index (χ3n) is 4.56. The summed E-state index contributed by atoms with van der Waals surface area (Å²) in [4.78, 5) is 21.0. The fourth-order valence-corrected chi connectivity index (χ4v) is 3.18. The number of aromatic nitrogens is 2. The summed E-state index contributed by atoms with van der Waals surface area (Å²) in [6.45, 7) is 0.130. The number of aliphatic hydroxyl groups excluding tert-OH is 1. The van der Waals surface area contributed by atoms with Gasteiger partial charge in [-0.15, -0.1) is 0 Å². The number of nitrogens with zero attached hydrogens (tertiary/aromatic N) is 2. The van der Waals surface area contributed by atoms with Crippen LogP contribution in [0.2, 0.25) is 0 Å². The molecule has 138 valence electrons. The number of benzene rings is 1. The summed E-state index contributed by atoms with van der Waals surface area (Å²) in [6, 6.07) is 7.55. The normalized spacial score (nSPS) is 14.8. The molecule has 1 heterocycles. The number of nitrogens with one attached hydrogen (secondary N) is 2. The highest BCUT2D eigenvalue weighted by Gasteiger charge is 2.16. The highest BCUT2D eigenvalue weighted by molar-refractivity contribution is 5.95. The Kier molecular flexibility index (Phi) is 6.01. The molecule has 1 aromatic carbocycles. The molecule has 1 aliphatic rings. The van der Waals surface area contributed by atoms with Gasteiger partial charge in [-0.2, -0.15) is 0 Å². The lowest BCUT2D eigenvalue weighted by Gasteiger charge is -2.23. The Morgan fingerprint density at radius 1 is 1.27 bits per heavy atom. The summed E-state index contributed by atoms with van der Waals surface area (Å²) in [5, 5.41) is 14.9. The Labute approximate surface area is 153 Å². The fourth-order valence-electron chi connectivity index (χ4n) is 3.18. The highest BCUT2D eigenvalue weighted by Crippen LogP contribution is 2.26. The summed E-state index contributed by atoms with van der Waals surface area (Å²) in [6.07, 6.45) is 7.57. The van der Waals surface area contributed by atoms with E-state index in [9.17, 15) is 4.79 Å². The standard InChI is InChI=1S/C19H25N5O2/c20-17-18(23-15-7-2-1-3-8-15)24-16(12-22-17)13-5-4-6-14(11-13)19(26)21-9-10-25/h4-6,11-12,15,25H,1-3,7-10H2,(H2,20,22)(H,21,26)(H,23,24). The van der Waals surface area contributed by atoms with Crippen molar-refractivity contribution in [3.63, 3.8) is 0 Å². The van der Waals surface area contributed by atoms with Crippen LogP contribution in [0.4, 0.5) is 11.6 Å². The van der Waals surface area contributed by atoms with Crippen molar-refractivity contribution < 1.29 is 9.90 Å².